The van der Waals surface area contributed by atoms with E-state index in [9.17, 15) is 9.90 Å². The molecule has 1 fully saturated rings. The molecule has 4 rings (SSSR count). The Labute approximate surface area is 137 Å². The molecule has 124 valence electrons. The zero-order chi connectivity index (χ0) is 16.8. The molecule has 0 radical (unpaired) electrons. The van der Waals surface area contributed by atoms with Crippen LogP contribution in [0.3, 0.4) is 0 Å². The average Bonchev–Trinajstić information content (AvgIpc) is 3.15. The minimum atomic E-state index is -0.893. The van der Waals surface area contributed by atoms with Gasteiger partial charge in [0.15, 0.2) is 11.4 Å². The number of anilines is 1. The fourth-order valence-electron chi connectivity index (χ4n) is 3.32. The number of rotatable bonds is 3. The number of aliphatic carboxylic acids is 1. The molecule has 1 aliphatic heterocycles. The molecule has 1 aromatic carbocycles. The average molecular weight is 327 g/mol. The van der Waals surface area contributed by atoms with Gasteiger partial charge in [0.2, 0.25) is 0 Å². The van der Waals surface area contributed by atoms with Crippen LogP contribution >= 0.6 is 0 Å². The number of benzene rings is 1. The molecule has 2 atom stereocenters. The summed E-state index contributed by atoms with van der Waals surface area (Å²) in [6.07, 6.45) is 0.261. The van der Waals surface area contributed by atoms with E-state index in [0.29, 0.717) is 41.3 Å². The lowest BCUT2D eigenvalue weighted by atomic mass is 10.2. The SMILES string of the molecule is COC1CC(C(=O)O)N(c2nc(C)nc3c2oc2ccccc23)C1. The number of fused-ring (bicyclic) bond motifs is 3. The molecule has 7 heteroatoms. The van der Waals surface area contributed by atoms with Crippen molar-refractivity contribution in [3.05, 3.63) is 30.1 Å². The van der Waals surface area contributed by atoms with E-state index in [2.05, 4.69) is 9.97 Å². The molecule has 1 aliphatic rings. The lowest BCUT2D eigenvalue weighted by Gasteiger charge is -2.22. The zero-order valence-corrected chi connectivity index (χ0v) is 13.4. The smallest absolute Gasteiger partial charge is 0.326 e. The zero-order valence-electron chi connectivity index (χ0n) is 13.4. The molecular weight excluding hydrogens is 310 g/mol. The maximum atomic E-state index is 11.7. The first kappa shape index (κ1) is 14.9. The Balaban J connectivity index is 1.94. The Morgan fingerprint density at radius 3 is 2.92 bits per heavy atom. The second-order valence-corrected chi connectivity index (χ2v) is 5.97. The van der Waals surface area contributed by atoms with Gasteiger partial charge in [0.05, 0.1) is 6.10 Å². The molecule has 24 heavy (non-hydrogen) atoms. The van der Waals surface area contributed by atoms with Gasteiger partial charge in [-0.1, -0.05) is 12.1 Å². The third-order valence-electron chi connectivity index (χ3n) is 4.47. The van der Waals surface area contributed by atoms with Crippen LogP contribution in [0.2, 0.25) is 0 Å². The quantitative estimate of drug-likeness (QED) is 0.790. The van der Waals surface area contributed by atoms with Gasteiger partial charge in [-0.25, -0.2) is 14.8 Å². The number of carboxylic acid groups (broad SMARTS) is 1. The van der Waals surface area contributed by atoms with Crippen LogP contribution in [0.15, 0.2) is 28.7 Å². The topological polar surface area (TPSA) is 88.7 Å². The summed E-state index contributed by atoms with van der Waals surface area (Å²) in [7, 11) is 1.59. The minimum absolute atomic E-state index is 0.152. The number of nitrogens with zero attached hydrogens (tertiary/aromatic N) is 3. The molecule has 0 amide bonds. The minimum Gasteiger partial charge on any atom is -0.480 e. The summed E-state index contributed by atoms with van der Waals surface area (Å²) in [5.74, 6) is 0.199. The van der Waals surface area contributed by atoms with Gasteiger partial charge in [-0.3, -0.25) is 0 Å². The van der Waals surface area contributed by atoms with Crippen molar-refractivity contribution in [3.63, 3.8) is 0 Å². The second kappa shape index (κ2) is 5.45. The van der Waals surface area contributed by atoms with Crippen molar-refractivity contribution < 1.29 is 19.1 Å². The number of para-hydroxylation sites is 1. The highest BCUT2D eigenvalue weighted by molar-refractivity contribution is 6.06. The largest absolute Gasteiger partial charge is 0.480 e. The van der Waals surface area contributed by atoms with E-state index in [-0.39, 0.29) is 6.10 Å². The van der Waals surface area contributed by atoms with Gasteiger partial charge in [-0.05, 0) is 19.1 Å². The number of carbonyl (C=O) groups is 1. The third-order valence-corrected chi connectivity index (χ3v) is 4.47. The number of hydrogen-bond acceptors (Lipinski definition) is 6. The molecule has 3 heterocycles. The van der Waals surface area contributed by atoms with Gasteiger partial charge in [0, 0.05) is 25.5 Å². The standard InChI is InChI=1S/C17H17N3O4/c1-9-18-14-11-5-3-4-6-13(11)24-15(14)16(19-9)20-8-10(23-2)7-12(20)17(21)22/h3-6,10,12H,7-8H2,1-2H3,(H,21,22). The second-order valence-electron chi connectivity index (χ2n) is 5.97. The van der Waals surface area contributed by atoms with E-state index in [4.69, 9.17) is 9.15 Å². The number of aromatic nitrogens is 2. The highest BCUT2D eigenvalue weighted by Gasteiger charge is 2.39. The Hall–Kier alpha value is -2.67. The maximum Gasteiger partial charge on any atom is 0.326 e. The van der Waals surface area contributed by atoms with Crippen LogP contribution in [0.1, 0.15) is 12.2 Å². The van der Waals surface area contributed by atoms with E-state index >= 15 is 0 Å². The first-order chi connectivity index (χ1) is 11.6. The van der Waals surface area contributed by atoms with Crippen LogP contribution < -0.4 is 4.90 Å². The van der Waals surface area contributed by atoms with Crippen molar-refractivity contribution in [1.29, 1.82) is 0 Å². The normalized spacial score (nSPS) is 21.0. The van der Waals surface area contributed by atoms with Gasteiger partial charge >= 0.3 is 5.97 Å². The number of aryl methyl sites for hydroxylation is 1. The van der Waals surface area contributed by atoms with Crippen molar-refractivity contribution in [2.75, 3.05) is 18.6 Å². The maximum absolute atomic E-state index is 11.7. The Bertz CT molecular complexity index is 936. The molecule has 7 nitrogen and oxygen atoms in total. The monoisotopic (exact) mass is 327 g/mol. The van der Waals surface area contributed by atoms with E-state index in [1.807, 2.05) is 24.3 Å². The molecule has 1 N–H and O–H groups in total. The molecule has 0 saturated carbocycles. The molecular formula is C17H17N3O4. The molecule has 1 saturated heterocycles. The van der Waals surface area contributed by atoms with Crippen molar-refractivity contribution in [2.45, 2.75) is 25.5 Å². The van der Waals surface area contributed by atoms with Gasteiger partial charge < -0.3 is 19.2 Å². The number of carboxylic acids is 1. The van der Waals surface area contributed by atoms with Crippen LogP contribution in [0.25, 0.3) is 22.1 Å². The van der Waals surface area contributed by atoms with E-state index in [1.54, 1.807) is 18.9 Å². The van der Waals surface area contributed by atoms with Crippen LogP contribution in [-0.4, -0.2) is 46.8 Å². The molecule has 3 aromatic rings. The number of hydrogen-bond donors (Lipinski definition) is 1. The van der Waals surface area contributed by atoms with Gasteiger partial charge in [-0.15, -0.1) is 0 Å². The highest BCUT2D eigenvalue weighted by Crippen LogP contribution is 2.36. The predicted octanol–water partition coefficient (Wildman–Crippen LogP) is 2.36. The molecule has 0 spiro atoms. The van der Waals surface area contributed by atoms with E-state index < -0.39 is 12.0 Å². The fourth-order valence-corrected chi connectivity index (χ4v) is 3.32. The Morgan fingerprint density at radius 2 is 2.17 bits per heavy atom. The first-order valence-corrected chi connectivity index (χ1v) is 7.76. The predicted molar refractivity (Wildman–Crippen MR) is 88.2 cm³/mol. The highest BCUT2D eigenvalue weighted by atomic mass is 16.5. The Morgan fingerprint density at radius 1 is 1.38 bits per heavy atom. The lowest BCUT2D eigenvalue weighted by molar-refractivity contribution is -0.138. The Kier molecular flexibility index (Phi) is 3.38. The van der Waals surface area contributed by atoms with Crippen molar-refractivity contribution in [1.82, 2.24) is 9.97 Å². The van der Waals surface area contributed by atoms with Gasteiger partial charge in [0.25, 0.3) is 0 Å². The number of furan rings is 1. The van der Waals surface area contributed by atoms with Crippen LogP contribution in [0, 0.1) is 6.92 Å². The number of ether oxygens (including phenoxy) is 1. The van der Waals surface area contributed by atoms with Crippen molar-refractivity contribution in [2.24, 2.45) is 0 Å². The van der Waals surface area contributed by atoms with Crippen LogP contribution in [-0.2, 0) is 9.53 Å². The summed E-state index contributed by atoms with van der Waals surface area (Å²) in [5, 5.41) is 10.5. The lowest BCUT2D eigenvalue weighted by Crippen LogP contribution is -2.36. The van der Waals surface area contributed by atoms with Crippen LogP contribution in [0.5, 0.6) is 0 Å². The number of methoxy groups -OCH3 is 1. The molecule has 0 aliphatic carbocycles. The first-order valence-electron chi connectivity index (χ1n) is 7.76. The van der Waals surface area contributed by atoms with Crippen molar-refractivity contribution >= 4 is 33.9 Å². The summed E-state index contributed by atoms with van der Waals surface area (Å²) in [5.41, 5.74) is 1.94. The summed E-state index contributed by atoms with van der Waals surface area (Å²) in [4.78, 5) is 22.4. The summed E-state index contributed by atoms with van der Waals surface area (Å²) >= 11 is 0. The van der Waals surface area contributed by atoms with Crippen molar-refractivity contribution in [3.8, 4) is 0 Å². The molecule has 2 unspecified atom stereocenters. The molecule has 2 aromatic heterocycles. The molecule has 0 bridgehead atoms. The summed E-state index contributed by atoms with van der Waals surface area (Å²) in [6, 6.07) is 6.92. The summed E-state index contributed by atoms with van der Waals surface area (Å²) in [6.45, 7) is 2.25. The fraction of sp³-hybridized carbons (Fsp3) is 0.353. The van der Waals surface area contributed by atoms with Gasteiger partial charge in [0.1, 0.15) is 23.0 Å². The van der Waals surface area contributed by atoms with E-state index in [1.165, 1.54) is 0 Å². The van der Waals surface area contributed by atoms with E-state index in [0.717, 1.165) is 5.39 Å². The van der Waals surface area contributed by atoms with Crippen LogP contribution in [0.4, 0.5) is 5.82 Å². The third kappa shape index (κ3) is 2.20. The van der Waals surface area contributed by atoms with Gasteiger partial charge in [-0.2, -0.15) is 0 Å². The summed E-state index contributed by atoms with van der Waals surface area (Å²) < 4.78 is 11.3.